The summed E-state index contributed by atoms with van der Waals surface area (Å²) in [7, 11) is 0. The van der Waals surface area contributed by atoms with Crippen molar-refractivity contribution in [2.45, 2.75) is 19.2 Å². The van der Waals surface area contributed by atoms with Gasteiger partial charge in [0.15, 0.2) is 0 Å². The van der Waals surface area contributed by atoms with E-state index in [2.05, 4.69) is 19.1 Å². The lowest BCUT2D eigenvalue weighted by atomic mass is 10.1. The average molecular weight is 221 g/mol. The van der Waals surface area contributed by atoms with Gasteiger partial charge in [-0.05, 0) is 11.8 Å². The molecule has 0 fully saturated rings. The third kappa shape index (κ3) is 2.19. The molecule has 1 aromatic carbocycles. The van der Waals surface area contributed by atoms with Crippen molar-refractivity contribution in [3.05, 3.63) is 35.6 Å². The van der Waals surface area contributed by atoms with Gasteiger partial charge in [0, 0.05) is 17.5 Å². The molecule has 2 aromatic rings. The Bertz CT molecular complexity index is 450. The average Bonchev–Trinajstić information content (AvgIpc) is 2.68. The zero-order valence-electron chi connectivity index (χ0n) is 8.82. The number of nitrogens with two attached hydrogens (primary N) is 1. The summed E-state index contributed by atoms with van der Waals surface area (Å²) in [6.07, 6.45) is 0. The standard InChI is InChI=1S/C12H15NOS/c1-2-15-8-11-6-9-4-3-5-10(7-13)12(9)14-11/h3-6H,2,7-8,13H2,1H3. The molecule has 80 valence electrons. The topological polar surface area (TPSA) is 39.2 Å². The second kappa shape index (κ2) is 4.73. The summed E-state index contributed by atoms with van der Waals surface area (Å²) in [5, 5.41) is 1.16. The summed E-state index contributed by atoms with van der Waals surface area (Å²) in [6, 6.07) is 8.22. The molecule has 0 bridgehead atoms. The van der Waals surface area contributed by atoms with E-state index in [0.717, 1.165) is 33.8 Å². The minimum Gasteiger partial charge on any atom is -0.460 e. The molecule has 0 unspecified atom stereocenters. The van der Waals surface area contributed by atoms with E-state index in [1.807, 2.05) is 23.9 Å². The van der Waals surface area contributed by atoms with Gasteiger partial charge in [0.1, 0.15) is 11.3 Å². The monoisotopic (exact) mass is 221 g/mol. The zero-order valence-corrected chi connectivity index (χ0v) is 9.64. The van der Waals surface area contributed by atoms with Crippen molar-refractivity contribution < 1.29 is 4.42 Å². The van der Waals surface area contributed by atoms with E-state index >= 15 is 0 Å². The number of para-hydroxylation sites is 1. The van der Waals surface area contributed by atoms with Crippen LogP contribution < -0.4 is 5.73 Å². The summed E-state index contributed by atoms with van der Waals surface area (Å²) in [5.74, 6) is 3.09. The van der Waals surface area contributed by atoms with Crippen LogP contribution in [0.1, 0.15) is 18.2 Å². The van der Waals surface area contributed by atoms with Crippen LogP contribution in [0.4, 0.5) is 0 Å². The zero-order chi connectivity index (χ0) is 10.7. The van der Waals surface area contributed by atoms with Gasteiger partial charge in [-0.15, -0.1) is 0 Å². The van der Waals surface area contributed by atoms with Gasteiger partial charge in [-0.1, -0.05) is 25.1 Å². The van der Waals surface area contributed by atoms with Crippen molar-refractivity contribution in [2.24, 2.45) is 5.73 Å². The van der Waals surface area contributed by atoms with E-state index in [1.54, 1.807) is 0 Å². The van der Waals surface area contributed by atoms with Gasteiger partial charge >= 0.3 is 0 Å². The molecule has 1 aromatic heterocycles. The fourth-order valence-electron chi connectivity index (χ4n) is 1.61. The maximum Gasteiger partial charge on any atom is 0.138 e. The minimum atomic E-state index is 0.533. The van der Waals surface area contributed by atoms with Crippen molar-refractivity contribution >= 4 is 22.7 Å². The smallest absolute Gasteiger partial charge is 0.138 e. The Balaban J connectivity index is 2.37. The van der Waals surface area contributed by atoms with E-state index in [4.69, 9.17) is 10.2 Å². The van der Waals surface area contributed by atoms with Gasteiger partial charge in [-0.3, -0.25) is 0 Å². The Morgan fingerprint density at radius 2 is 2.27 bits per heavy atom. The first-order chi connectivity index (χ1) is 7.35. The first kappa shape index (κ1) is 10.6. The highest BCUT2D eigenvalue weighted by molar-refractivity contribution is 7.98. The van der Waals surface area contributed by atoms with E-state index < -0.39 is 0 Å². The largest absolute Gasteiger partial charge is 0.460 e. The molecule has 2 N–H and O–H groups in total. The summed E-state index contributed by atoms with van der Waals surface area (Å²) in [4.78, 5) is 0. The molecule has 0 radical (unpaired) electrons. The molecule has 2 nitrogen and oxygen atoms in total. The molecule has 0 amide bonds. The number of hydrogen-bond acceptors (Lipinski definition) is 3. The lowest BCUT2D eigenvalue weighted by molar-refractivity contribution is 0.570. The van der Waals surface area contributed by atoms with Crippen LogP contribution in [-0.4, -0.2) is 5.75 Å². The quantitative estimate of drug-likeness (QED) is 0.862. The van der Waals surface area contributed by atoms with E-state index in [9.17, 15) is 0 Å². The van der Waals surface area contributed by atoms with Crippen LogP contribution >= 0.6 is 11.8 Å². The van der Waals surface area contributed by atoms with Crippen LogP contribution in [0, 0.1) is 0 Å². The molecular formula is C12H15NOS. The number of furan rings is 1. The van der Waals surface area contributed by atoms with E-state index in [-0.39, 0.29) is 0 Å². The van der Waals surface area contributed by atoms with Gasteiger partial charge in [-0.25, -0.2) is 0 Å². The van der Waals surface area contributed by atoms with Crippen LogP contribution in [-0.2, 0) is 12.3 Å². The SMILES string of the molecule is CCSCc1cc2cccc(CN)c2o1. The Morgan fingerprint density at radius 3 is 3.00 bits per heavy atom. The molecule has 2 rings (SSSR count). The van der Waals surface area contributed by atoms with Gasteiger partial charge in [0.2, 0.25) is 0 Å². The summed E-state index contributed by atoms with van der Waals surface area (Å²) in [6.45, 7) is 2.68. The summed E-state index contributed by atoms with van der Waals surface area (Å²) in [5.41, 5.74) is 7.69. The predicted molar refractivity (Wildman–Crippen MR) is 65.9 cm³/mol. The maximum absolute atomic E-state index is 5.79. The number of fused-ring (bicyclic) bond motifs is 1. The first-order valence-corrected chi connectivity index (χ1v) is 6.28. The highest BCUT2D eigenvalue weighted by Crippen LogP contribution is 2.25. The fraction of sp³-hybridized carbons (Fsp3) is 0.333. The fourth-order valence-corrected chi connectivity index (χ4v) is 2.16. The maximum atomic E-state index is 5.79. The van der Waals surface area contributed by atoms with Gasteiger partial charge < -0.3 is 10.2 Å². The molecule has 0 aliphatic carbocycles. The van der Waals surface area contributed by atoms with Crippen molar-refractivity contribution in [2.75, 3.05) is 5.75 Å². The Morgan fingerprint density at radius 1 is 1.40 bits per heavy atom. The molecule has 3 heteroatoms. The van der Waals surface area contributed by atoms with Gasteiger partial charge in [-0.2, -0.15) is 11.8 Å². The lowest BCUT2D eigenvalue weighted by Gasteiger charge is -1.96. The Labute approximate surface area is 93.8 Å². The number of thioether (sulfide) groups is 1. The van der Waals surface area contributed by atoms with Crippen LogP contribution in [0.2, 0.25) is 0 Å². The molecule has 0 saturated carbocycles. The second-order valence-electron chi connectivity index (χ2n) is 3.39. The van der Waals surface area contributed by atoms with Crippen LogP contribution in [0.25, 0.3) is 11.0 Å². The Hall–Kier alpha value is -0.930. The predicted octanol–water partition coefficient (Wildman–Crippen LogP) is 3.14. The van der Waals surface area contributed by atoms with Gasteiger partial charge in [0.05, 0.1) is 5.75 Å². The number of rotatable bonds is 4. The van der Waals surface area contributed by atoms with Crippen LogP contribution in [0.15, 0.2) is 28.7 Å². The highest BCUT2D eigenvalue weighted by atomic mass is 32.2. The van der Waals surface area contributed by atoms with Crippen molar-refractivity contribution in [1.82, 2.24) is 0 Å². The lowest BCUT2D eigenvalue weighted by Crippen LogP contribution is -1.95. The minimum absolute atomic E-state index is 0.533. The summed E-state index contributed by atoms with van der Waals surface area (Å²) >= 11 is 1.86. The molecule has 0 spiro atoms. The van der Waals surface area contributed by atoms with Gasteiger partial charge in [0.25, 0.3) is 0 Å². The number of benzene rings is 1. The highest BCUT2D eigenvalue weighted by Gasteiger charge is 2.06. The molecule has 0 aliphatic rings. The van der Waals surface area contributed by atoms with Crippen molar-refractivity contribution in [1.29, 1.82) is 0 Å². The third-order valence-electron chi connectivity index (χ3n) is 2.35. The van der Waals surface area contributed by atoms with E-state index in [0.29, 0.717) is 6.54 Å². The second-order valence-corrected chi connectivity index (χ2v) is 4.66. The molecule has 0 aliphatic heterocycles. The molecule has 15 heavy (non-hydrogen) atoms. The third-order valence-corrected chi connectivity index (χ3v) is 3.24. The van der Waals surface area contributed by atoms with E-state index in [1.165, 1.54) is 0 Å². The molecule has 1 heterocycles. The molecular weight excluding hydrogens is 206 g/mol. The van der Waals surface area contributed by atoms with Crippen LogP contribution in [0.5, 0.6) is 0 Å². The first-order valence-electron chi connectivity index (χ1n) is 5.13. The van der Waals surface area contributed by atoms with Crippen molar-refractivity contribution in [3.8, 4) is 0 Å². The molecule has 0 saturated heterocycles. The summed E-state index contributed by atoms with van der Waals surface area (Å²) < 4.78 is 5.79. The molecule has 0 atom stereocenters. The van der Waals surface area contributed by atoms with Crippen LogP contribution in [0.3, 0.4) is 0 Å². The number of hydrogen-bond donors (Lipinski definition) is 1. The normalized spacial score (nSPS) is 11.1. The Kier molecular flexibility index (Phi) is 3.34. The van der Waals surface area contributed by atoms with Crippen molar-refractivity contribution in [3.63, 3.8) is 0 Å².